The fraction of sp³-hybridized carbons (Fsp3) is 0.938. The van der Waals surface area contributed by atoms with Crippen molar-refractivity contribution < 1.29 is 4.79 Å². The van der Waals surface area contributed by atoms with Crippen LogP contribution in [0.4, 0.5) is 0 Å². The number of carbonyl (C=O) groups excluding carboxylic acids is 1. The number of unbranched alkanes of at least 4 members (excludes halogenated alkanes) is 7. The molecular formula is C16H32N2O. The van der Waals surface area contributed by atoms with E-state index in [1.54, 1.807) is 0 Å². The molecule has 0 aliphatic carbocycles. The smallest absolute Gasteiger partial charge is 0.241 e. The van der Waals surface area contributed by atoms with Gasteiger partial charge in [0.2, 0.25) is 5.91 Å². The van der Waals surface area contributed by atoms with E-state index >= 15 is 0 Å². The standard InChI is InChI=1S/C16H32N2O/c1-4-5-6-7-8-9-10-11-12-18-13-17-15(14(2)3)16(18)19/h14-15,17H,4-13H2,1-3H3. The molecule has 0 saturated carbocycles. The molecule has 1 heterocycles. The molecule has 1 aliphatic rings. The maximum atomic E-state index is 12.0. The lowest BCUT2D eigenvalue weighted by atomic mass is 10.0. The number of rotatable bonds is 10. The summed E-state index contributed by atoms with van der Waals surface area (Å²) in [5.74, 6) is 0.703. The van der Waals surface area contributed by atoms with Crippen LogP contribution in [0.3, 0.4) is 0 Å². The number of hydrogen-bond acceptors (Lipinski definition) is 2. The molecule has 19 heavy (non-hydrogen) atoms. The molecule has 0 aromatic carbocycles. The van der Waals surface area contributed by atoms with Crippen LogP contribution < -0.4 is 5.32 Å². The van der Waals surface area contributed by atoms with Crippen LogP contribution in [0.2, 0.25) is 0 Å². The van der Waals surface area contributed by atoms with Crippen molar-refractivity contribution in [1.29, 1.82) is 0 Å². The zero-order valence-corrected chi connectivity index (χ0v) is 13.1. The number of amides is 1. The molecule has 1 rings (SSSR count). The molecule has 0 aromatic rings. The lowest BCUT2D eigenvalue weighted by molar-refractivity contribution is -0.129. The molecule has 1 atom stereocenters. The fourth-order valence-electron chi connectivity index (χ4n) is 2.72. The highest BCUT2D eigenvalue weighted by molar-refractivity contribution is 5.83. The second kappa shape index (κ2) is 9.35. The summed E-state index contributed by atoms with van der Waals surface area (Å²) in [5, 5.41) is 3.31. The van der Waals surface area contributed by atoms with E-state index in [9.17, 15) is 4.79 Å². The molecule has 1 saturated heterocycles. The van der Waals surface area contributed by atoms with Crippen molar-refractivity contribution in [3.63, 3.8) is 0 Å². The van der Waals surface area contributed by atoms with E-state index in [1.165, 1.54) is 44.9 Å². The van der Waals surface area contributed by atoms with Gasteiger partial charge in [-0.25, -0.2) is 0 Å². The minimum Gasteiger partial charge on any atom is -0.329 e. The van der Waals surface area contributed by atoms with Crippen LogP contribution in [0, 0.1) is 5.92 Å². The van der Waals surface area contributed by atoms with Gasteiger partial charge in [-0.1, -0.05) is 65.7 Å². The van der Waals surface area contributed by atoms with Crippen LogP contribution >= 0.6 is 0 Å². The molecular weight excluding hydrogens is 236 g/mol. The van der Waals surface area contributed by atoms with Crippen molar-refractivity contribution in [3.8, 4) is 0 Å². The van der Waals surface area contributed by atoms with Crippen LogP contribution in [0.5, 0.6) is 0 Å². The largest absolute Gasteiger partial charge is 0.329 e. The third-order valence-corrected chi connectivity index (χ3v) is 4.03. The number of nitrogens with zero attached hydrogens (tertiary/aromatic N) is 1. The van der Waals surface area contributed by atoms with E-state index in [1.807, 2.05) is 4.90 Å². The quantitative estimate of drug-likeness (QED) is 0.615. The van der Waals surface area contributed by atoms with Crippen molar-refractivity contribution >= 4 is 5.91 Å². The van der Waals surface area contributed by atoms with E-state index in [0.717, 1.165) is 19.6 Å². The van der Waals surface area contributed by atoms with E-state index in [4.69, 9.17) is 0 Å². The normalized spacial score (nSPS) is 19.7. The van der Waals surface area contributed by atoms with Crippen LogP contribution in [0.15, 0.2) is 0 Å². The van der Waals surface area contributed by atoms with Gasteiger partial charge in [0.15, 0.2) is 0 Å². The first kappa shape index (κ1) is 16.5. The molecule has 3 heteroatoms. The summed E-state index contributed by atoms with van der Waals surface area (Å²) in [6.45, 7) is 8.15. The minimum atomic E-state index is 0.0500. The first-order chi connectivity index (χ1) is 9.16. The highest BCUT2D eigenvalue weighted by Gasteiger charge is 2.32. The first-order valence-electron chi connectivity index (χ1n) is 8.19. The maximum Gasteiger partial charge on any atom is 0.241 e. The van der Waals surface area contributed by atoms with Gasteiger partial charge in [0.05, 0.1) is 12.7 Å². The van der Waals surface area contributed by atoms with Crippen LogP contribution in [-0.2, 0) is 4.79 Å². The summed E-state index contributed by atoms with van der Waals surface area (Å²) >= 11 is 0. The molecule has 112 valence electrons. The van der Waals surface area contributed by atoms with E-state index in [2.05, 4.69) is 26.1 Å². The molecule has 1 unspecified atom stereocenters. The lowest BCUT2D eigenvalue weighted by Gasteiger charge is -2.16. The fourth-order valence-corrected chi connectivity index (χ4v) is 2.72. The Balaban J connectivity index is 2.00. The van der Waals surface area contributed by atoms with Crippen molar-refractivity contribution in [1.82, 2.24) is 10.2 Å². The van der Waals surface area contributed by atoms with Crippen molar-refractivity contribution in [2.75, 3.05) is 13.2 Å². The van der Waals surface area contributed by atoms with Gasteiger partial charge in [-0.2, -0.15) is 0 Å². The van der Waals surface area contributed by atoms with Gasteiger partial charge >= 0.3 is 0 Å². The average molecular weight is 268 g/mol. The number of hydrogen-bond donors (Lipinski definition) is 1. The van der Waals surface area contributed by atoms with E-state index in [-0.39, 0.29) is 6.04 Å². The summed E-state index contributed by atoms with van der Waals surface area (Å²) in [5.41, 5.74) is 0. The molecule has 1 aliphatic heterocycles. The molecule has 3 nitrogen and oxygen atoms in total. The molecule has 0 bridgehead atoms. The summed E-state index contributed by atoms with van der Waals surface area (Å²) in [4.78, 5) is 14.0. The predicted octanol–water partition coefficient (Wildman–Crippen LogP) is 3.54. The monoisotopic (exact) mass is 268 g/mol. The van der Waals surface area contributed by atoms with Crippen molar-refractivity contribution in [3.05, 3.63) is 0 Å². The van der Waals surface area contributed by atoms with Crippen molar-refractivity contribution in [2.24, 2.45) is 5.92 Å². The Morgan fingerprint density at radius 3 is 2.21 bits per heavy atom. The maximum absolute atomic E-state index is 12.0. The zero-order valence-electron chi connectivity index (χ0n) is 13.1. The Bertz CT molecular complexity index is 253. The zero-order chi connectivity index (χ0) is 14.1. The second-order valence-corrected chi connectivity index (χ2v) is 6.16. The summed E-state index contributed by atoms with van der Waals surface area (Å²) in [7, 11) is 0. The highest BCUT2D eigenvalue weighted by Crippen LogP contribution is 2.14. The molecule has 1 fully saturated rings. The van der Waals surface area contributed by atoms with Gasteiger partial charge in [0.1, 0.15) is 0 Å². The summed E-state index contributed by atoms with van der Waals surface area (Å²) < 4.78 is 0. The Kier molecular flexibility index (Phi) is 8.11. The van der Waals surface area contributed by atoms with Crippen LogP contribution in [0.1, 0.15) is 72.1 Å². The first-order valence-corrected chi connectivity index (χ1v) is 8.19. The van der Waals surface area contributed by atoms with Gasteiger partial charge in [0, 0.05) is 6.54 Å². The Labute approximate surface area is 119 Å². The third kappa shape index (κ3) is 5.94. The van der Waals surface area contributed by atoms with E-state index in [0.29, 0.717) is 11.8 Å². The predicted molar refractivity (Wildman–Crippen MR) is 81.0 cm³/mol. The molecule has 0 spiro atoms. The van der Waals surface area contributed by atoms with E-state index < -0.39 is 0 Å². The second-order valence-electron chi connectivity index (χ2n) is 6.16. The lowest BCUT2D eigenvalue weighted by Crippen LogP contribution is -2.34. The average Bonchev–Trinajstić information content (AvgIpc) is 2.74. The number of nitrogens with one attached hydrogen (secondary N) is 1. The van der Waals surface area contributed by atoms with Gasteiger partial charge in [0.25, 0.3) is 0 Å². The third-order valence-electron chi connectivity index (χ3n) is 4.03. The summed E-state index contributed by atoms with van der Waals surface area (Å²) in [6, 6.07) is 0.0500. The molecule has 1 N–H and O–H groups in total. The van der Waals surface area contributed by atoms with Gasteiger partial charge in [-0.15, -0.1) is 0 Å². The Morgan fingerprint density at radius 1 is 1.11 bits per heavy atom. The molecule has 0 radical (unpaired) electrons. The van der Waals surface area contributed by atoms with Crippen LogP contribution in [0.25, 0.3) is 0 Å². The Morgan fingerprint density at radius 2 is 1.68 bits per heavy atom. The SMILES string of the molecule is CCCCCCCCCCN1CNC(C(C)C)C1=O. The number of carbonyl (C=O) groups is 1. The molecule has 0 aromatic heterocycles. The van der Waals surface area contributed by atoms with Gasteiger partial charge in [-0.05, 0) is 12.3 Å². The van der Waals surface area contributed by atoms with Crippen molar-refractivity contribution in [2.45, 2.75) is 78.2 Å². The van der Waals surface area contributed by atoms with Gasteiger partial charge < -0.3 is 4.90 Å². The van der Waals surface area contributed by atoms with Gasteiger partial charge in [-0.3, -0.25) is 10.1 Å². The van der Waals surface area contributed by atoms with Crippen LogP contribution in [-0.4, -0.2) is 30.1 Å². The highest BCUT2D eigenvalue weighted by atomic mass is 16.2. The molecule has 1 amide bonds. The minimum absolute atomic E-state index is 0.0500. The topological polar surface area (TPSA) is 32.3 Å². The summed E-state index contributed by atoms with van der Waals surface area (Å²) in [6.07, 6.45) is 10.6. The Hall–Kier alpha value is -0.570.